The Hall–Kier alpha value is -2.60. The lowest BCUT2D eigenvalue weighted by Gasteiger charge is -2.21. The first-order valence-electron chi connectivity index (χ1n) is 7.40. The third-order valence-electron chi connectivity index (χ3n) is 3.41. The van der Waals surface area contributed by atoms with Crippen LogP contribution in [0.25, 0.3) is 0 Å². The molecule has 0 aliphatic rings. The molecular weight excluding hydrogens is 329 g/mol. The number of furan rings is 1. The Balaban J connectivity index is 1.64. The van der Waals surface area contributed by atoms with Crippen molar-refractivity contribution < 1.29 is 18.3 Å². The monoisotopic (exact) mass is 345 g/mol. The van der Waals surface area contributed by atoms with E-state index in [1.165, 1.54) is 24.3 Å². The largest absolute Gasteiger partial charge is 0.484 e. The average molecular weight is 345 g/mol. The topological polar surface area (TPSA) is 42.7 Å². The summed E-state index contributed by atoms with van der Waals surface area (Å²) in [7, 11) is 0. The number of nitrogens with zero attached hydrogens (tertiary/aromatic N) is 1. The lowest BCUT2D eigenvalue weighted by molar-refractivity contribution is -0.134. The Kier molecular flexibility index (Phi) is 5.28. The van der Waals surface area contributed by atoms with E-state index < -0.39 is 0 Å². The zero-order chi connectivity index (χ0) is 16.8. The van der Waals surface area contributed by atoms with Crippen LogP contribution >= 0.6 is 11.3 Å². The number of halogens is 1. The Morgan fingerprint density at radius 2 is 2.00 bits per heavy atom. The minimum atomic E-state index is -0.342. The van der Waals surface area contributed by atoms with Gasteiger partial charge in [-0.25, -0.2) is 4.39 Å². The third kappa shape index (κ3) is 4.45. The van der Waals surface area contributed by atoms with E-state index in [1.54, 1.807) is 28.6 Å². The molecule has 0 saturated carbocycles. The molecule has 24 heavy (non-hydrogen) atoms. The van der Waals surface area contributed by atoms with Crippen molar-refractivity contribution in [3.05, 3.63) is 76.6 Å². The minimum Gasteiger partial charge on any atom is -0.484 e. The van der Waals surface area contributed by atoms with E-state index >= 15 is 0 Å². The fourth-order valence-corrected chi connectivity index (χ4v) is 2.85. The van der Waals surface area contributed by atoms with Crippen molar-refractivity contribution in [2.45, 2.75) is 13.1 Å². The first kappa shape index (κ1) is 16.3. The second kappa shape index (κ2) is 7.79. The lowest BCUT2D eigenvalue weighted by Crippen LogP contribution is -2.33. The first-order valence-corrected chi connectivity index (χ1v) is 8.34. The van der Waals surface area contributed by atoms with Crippen LogP contribution in [0.1, 0.15) is 11.3 Å². The van der Waals surface area contributed by atoms with Crippen LogP contribution in [0.4, 0.5) is 4.39 Å². The van der Waals surface area contributed by atoms with E-state index in [2.05, 4.69) is 0 Å². The van der Waals surface area contributed by atoms with Gasteiger partial charge in [-0.1, -0.05) is 0 Å². The molecule has 0 unspecified atom stereocenters. The van der Waals surface area contributed by atoms with Gasteiger partial charge in [-0.2, -0.15) is 11.3 Å². The quantitative estimate of drug-likeness (QED) is 0.648. The smallest absolute Gasteiger partial charge is 0.261 e. The van der Waals surface area contributed by atoms with Crippen LogP contribution in [0.15, 0.2) is 63.9 Å². The molecule has 0 aliphatic carbocycles. The second-order valence-electron chi connectivity index (χ2n) is 5.20. The van der Waals surface area contributed by atoms with Gasteiger partial charge in [-0.3, -0.25) is 4.79 Å². The molecule has 6 heteroatoms. The van der Waals surface area contributed by atoms with E-state index in [1.807, 2.05) is 22.9 Å². The highest BCUT2D eigenvalue weighted by molar-refractivity contribution is 7.07. The normalized spacial score (nSPS) is 10.5. The predicted molar refractivity (Wildman–Crippen MR) is 89.2 cm³/mol. The van der Waals surface area contributed by atoms with E-state index in [-0.39, 0.29) is 18.3 Å². The molecular formula is C18H16FNO3S. The van der Waals surface area contributed by atoms with Crippen molar-refractivity contribution in [2.75, 3.05) is 6.61 Å². The van der Waals surface area contributed by atoms with E-state index in [0.29, 0.717) is 24.6 Å². The third-order valence-corrected chi connectivity index (χ3v) is 4.14. The van der Waals surface area contributed by atoms with Gasteiger partial charge in [0.05, 0.1) is 12.8 Å². The molecule has 124 valence electrons. The van der Waals surface area contributed by atoms with Crippen molar-refractivity contribution in [3.63, 3.8) is 0 Å². The van der Waals surface area contributed by atoms with Gasteiger partial charge < -0.3 is 14.1 Å². The number of ether oxygens (including phenoxy) is 1. The van der Waals surface area contributed by atoms with Gasteiger partial charge in [0.2, 0.25) is 0 Å². The molecule has 1 aromatic carbocycles. The summed E-state index contributed by atoms with van der Waals surface area (Å²) in [6.45, 7) is 0.737. The average Bonchev–Trinajstić information content (AvgIpc) is 3.27. The number of hydrogen-bond donors (Lipinski definition) is 0. The molecule has 2 aromatic heterocycles. The standard InChI is InChI=1S/C18H16FNO3S/c19-15-3-5-16(6-4-15)23-12-18(21)20(10-14-7-9-24-13-14)11-17-2-1-8-22-17/h1-9,13H,10-12H2. The summed E-state index contributed by atoms with van der Waals surface area (Å²) < 4.78 is 23.7. The lowest BCUT2D eigenvalue weighted by atomic mass is 10.3. The number of rotatable bonds is 7. The molecule has 2 heterocycles. The summed E-state index contributed by atoms with van der Waals surface area (Å²) >= 11 is 1.58. The number of carbonyl (C=O) groups excluding carboxylic acids is 1. The number of benzene rings is 1. The molecule has 3 aromatic rings. The fraction of sp³-hybridized carbons (Fsp3) is 0.167. The number of carbonyl (C=O) groups is 1. The number of hydrogen-bond acceptors (Lipinski definition) is 4. The van der Waals surface area contributed by atoms with Crippen LogP contribution in [0.2, 0.25) is 0 Å². The molecule has 0 aliphatic heterocycles. The summed E-state index contributed by atoms with van der Waals surface area (Å²) in [4.78, 5) is 14.2. The van der Waals surface area contributed by atoms with E-state index in [0.717, 1.165) is 5.56 Å². The summed E-state index contributed by atoms with van der Waals surface area (Å²) in [5, 5.41) is 3.98. The molecule has 0 saturated heterocycles. The Morgan fingerprint density at radius 1 is 1.17 bits per heavy atom. The van der Waals surface area contributed by atoms with Crippen LogP contribution in [-0.4, -0.2) is 17.4 Å². The highest BCUT2D eigenvalue weighted by atomic mass is 32.1. The van der Waals surface area contributed by atoms with Crippen LogP contribution in [0, 0.1) is 5.82 Å². The van der Waals surface area contributed by atoms with Crippen LogP contribution in [0.3, 0.4) is 0 Å². The summed E-state index contributed by atoms with van der Waals surface area (Å²) in [6, 6.07) is 11.2. The van der Waals surface area contributed by atoms with Crippen molar-refractivity contribution in [2.24, 2.45) is 0 Å². The Morgan fingerprint density at radius 3 is 2.67 bits per heavy atom. The number of thiophene rings is 1. The van der Waals surface area contributed by atoms with E-state index in [4.69, 9.17) is 9.15 Å². The fourth-order valence-electron chi connectivity index (χ4n) is 2.19. The van der Waals surface area contributed by atoms with Gasteiger partial charge in [-0.15, -0.1) is 0 Å². The molecule has 0 fully saturated rings. The van der Waals surface area contributed by atoms with Crippen LogP contribution < -0.4 is 4.74 Å². The molecule has 3 rings (SSSR count). The van der Waals surface area contributed by atoms with Crippen molar-refractivity contribution in [3.8, 4) is 5.75 Å². The van der Waals surface area contributed by atoms with Crippen molar-refractivity contribution in [1.29, 1.82) is 0 Å². The molecule has 4 nitrogen and oxygen atoms in total. The Bertz CT molecular complexity index is 718. The molecule has 0 atom stereocenters. The second-order valence-corrected chi connectivity index (χ2v) is 5.98. The highest BCUT2D eigenvalue weighted by Gasteiger charge is 2.17. The molecule has 0 N–H and O–H groups in total. The predicted octanol–water partition coefficient (Wildman–Crippen LogP) is 4.09. The SMILES string of the molecule is O=C(COc1ccc(F)cc1)N(Cc1ccsc1)Cc1ccco1. The van der Waals surface area contributed by atoms with Gasteiger partial charge in [0.25, 0.3) is 5.91 Å². The van der Waals surface area contributed by atoms with Gasteiger partial charge >= 0.3 is 0 Å². The number of amides is 1. The van der Waals surface area contributed by atoms with Gasteiger partial charge in [0.15, 0.2) is 6.61 Å². The molecule has 0 radical (unpaired) electrons. The zero-order valence-corrected chi connectivity index (χ0v) is 13.7. The van der Waals surface area contributed by atoms with Gasteiger partial charge in [0, 0.05) is 6.54 Å². The summed E-state index contributed by atoms with van der Waals surface area (Å²) in [5.74, 6) is 0.658. The van der Waals surface area contributed by atoms with Crippen molar-refractivity contribution in [1.82, 2.24) is 4.90 Å². The molecule has 1 amide bonds. The molecule has 0 spiro atoms. The van der Waals surface area contributed by atoms with E-state index in [9.17, 15) is 9.18 Å². The summed E-state index contributed by atoms with van der Waals surface area (Å²) in [6.07, 6.45) is 1.58. The van der Waals surface area contributed by atoms with Gasteiger partial charge in [0.1, 0.15) is 17.3 Å². The van der Waals surface area contributed by atoms with Gasteiger partial charge in [-0.05, 0) is 58.8 Å². The zero-order valence-electron chi connectivity index (χ0n) is 12.9. The minimum absolute atomic E-state index is 0.115. The van der Waals surface area contributed by atoms with Crippen molar-refractivity contribution >= 4 is 17.2 Å². The first-order chi connectivity index (χ1) is 11.7. The van der Waals surface area contributed by atoms with Crippen LogP contribution in [-0.2, 0) is 17.9 Å². The maximum Gasteiger partial charge on any atom is 0.261 e. The highest BCUT2D eigenvalue weighted by Crippen LogP contribution is 2.15. The molecule has 0 bridgehead atoms. The Labute approximate surface area is 143 Å². The maximum atomic E-state index is 12.9. The summed E-state index contributed by atoms with van der Waals surface area (Å²) in [5.41, 5.74) is 1.06. The van der Waals surface area contributed by atoms with Crippen LogP contribution in [0.5, 0.6) is 5.75 Å². The maximum absolute atomic E-state index is 12.9.